The second-order valence-corrected chi connectivity index (χ2v) is 32.2. The van der Waals surface area contributed by atoms with E-state index in [0.29, 0.717) is 31.6 Å². The summed E-state index contributed by atoms with van der Waals surface area (Å²) in [7, 11) is -2.51. The molecule has 364 valence electrons. The molecule has 1 fully saturated rings. The number of carbonyl (C=O) groups is 1. The van der Waals surface area contributed by atoms with Gasteiger partial charge in [-0.15, -0.1) is 11.8 Å². The normalized spacial score (nSPS) is 17.8. The van der Waals surface area contributed by atoms with Crippen molar-refractivity contribution in [3.05, 3.63) is 167 Å². The van der Waals surface area contributed by atoms with Gasteiger partial charge in [-0.2, -0.15) is 0 Å². The Morgan fingerprint density at radius 3 is 2.01 bits per heavy atom. The van der Waals surface area contributed by atoms with Crippen molar-refractivity contribution >= 4 is 44.5 Å². The first-order valence-electron chi connectivity index (χ1n) is 24.3. The maximum absolute atomic E-state index is 14.1. The molecular formula is C58H76O7SSi2. The van der Waals surface area contributed by atoms with E-state index in [9.17, 15) is 4.79 Å². The van der Waals surface area contributed by atoms with Crippen LogP contribution in [-0.2, 0) is 30.0 Å². The van der Waals surface area contributed by atoms with Crippen molar-refractivity contribution in [2.24, 2.45) is 0 Å². The lowest BCUT2D eigenvalue weighted by molar-refractivity contribution is -0.156. The lowest BCUT2D eigenvalue weighted by Gasteiger charge is -2.44. The molecule has 1 aliphatic rings. The van der Waals surface area contributed by atoms with E-state index in [2.05, 4.69) is 163 Å². The largest absolute Gasteiger partial charge is 0.497 e. The lowest BCUT2D eigenvalue weighted by atomic mass is 9.93. The fourth-order valence-corrected chi connectivity index (χ4v) is 15.9. The lowest BCUT2D eigenvalue weighted by Crippen LogP contribution is -2.67. The predicted octanol–water partition coefficient (Wildman–Crippen LogP) is 13.4. The van der Waals surface area contributed by atoms with Gasteiger partial charge >= 0.3 is 5.97 Å². The second-order valence-electron chi connectivity index (χ2n) is 21.0. The van der Waals surface area contributed by atoms with E-state index < -0.39 is 34.4 Å². The van der Waals surface area contributed by atoms with Gasteiger partial charge < -0.3 is 28.1 Å². The molecule has 0 amide bonds. The van der Waals surface area contributed by atoms with Gasteiger partial charge in [0.1, 0.15) is 18.0 Å². The molecule has 1 heterocycles. The van der Waals surface area contributed by atoms with Crippen LogP contribution in [0, 0.1) is 13.8 Å². The molecule has 0 aliphatic carbocycles. The van der Waals surface area contributed by atoms with Gasteiger partial charge in [0.05, 0.1) is 32.0 Å². The summed E-state index contributed by atoms with van der Waals surface area (Å²) in [5.41, 5.74) is 4.73. The molecular weight excluding hydrogens is 897 g/mol. The molecule has 10 heteroatoms. The van der Waals surface area contributed by atoms with E-state index in [1.54, 1.807) is 18.9 Å². The Morgan fingerprint density at radius 2 is 1.44 bits per heavy atom. The number of methoxy groups -OCH3 is 1. The van der Waals surface area contributed by atoms with E-state index in [1.807, 2.05) is 51.1 Å². The van der Waals surface area contributed by atoms with Crippen LogP contribution in [-0.4, -0.2) is 66.3 Å². The smallest absolute Gasteiger partial charge is 0.338 e. The summed E-state index contributed by atoms with van der Waals surface area (Å²) in [5, 5.41) is 2.30. The predicted molar refractivity (Wildman–Crippen MR) is 286 cm³/mol. The zero-order chi connectivity index (χ0) is 49.1. The van der Waals surface area contributed by atoms with Crippen LogP contribution < -0.4 is 15.1 Å². The number of hydrogen-bond acceptors (Lipinski definition) is 8. The van der Waals surface area contributed by atoms with E-state index in [4.69, 9.17) is 28.1 Å². The van der Waals surface area contributed by atoms with Gasteiger partial charge in [0.25, 0.3) is 8.32 Å². The molecule has 5 aromatic rings. The van der Waals surface area contributed by atoms with Gasteiger partial charge in [-0.3, -0.25) is 0 Å². The molecule has 0 aromatic heterocycles. The van der Waals surface area contributed by atoms with Crippen molar-refractivity contribution in [3.63, 3.8) is 0 Å². The summed E-state index contributed by atoms with van der Waals surface area (Å²) < 4.78 is 39.5. The van der Waals surface area contributed by atoms with Gasteiger partial charge in [0.2, 0.25) is 0 Å². The van der Waals surface area contributed by atoms with Crippen LogP contribution in [0.2, 0.25) is 30.7 Å². The van der Waals surface area contributed by atoms with E-state index in [-0.39, 0.29) is 28.5 Å². The molecule has 5 aromatic carbocycles. The molecule has 0 saturated carbocycles. The third kappa shape index (κ3) is 14.2. The molecule has 0 N–H and O–H groups in total. The number of carbonyl (C=O) groups excluding carboxylic acids is 1. The van der Waals surface area contributed by atoms with Gasteiger partial charge in [-0.1, -0.05) is 161 Å². The van der Waals surface area contributed by atoms with Crippen LogP contribution in [0.5, 0.6) is 5.75 Å². The van der Waals surface area contributed by atoms with Crippen LogP contribution in [0.25, 0.3) is 0 Å². The van der Waals surface area contributed by atoms with Crippen molar-refractivity contribution in [2.45, 2.75) is 152 Å². The number of esters is 1. The molecule has 0 spiro atoms. The van der Waals surface area contributed by atoms with Crippen LogP contribution in [0.15, 0.2) is 144 Å². The van der Waals surface area contributed by atoms with Crippen molar-refractivity contribution in [2.75, 3.05) is 13.7 Å². The van der Waals surface area contributed by atoms with Crippen LogP contribution in [0.1, 0.15) is 98.7 Å². The van der Waals surface area contributed by atoms with Gasteiger partial charge in [0.15, 0.2) is 5.79 Å². The van der Waals surface area contributed by atoms with E-state index >= 15 is 0 Å². The average molecular weight is 973 g/mol. The fraction of sp³-hybridized carbons (Fsp3) is 0.431. The van der Waals surface area contributed by atoms with Gasteiger partial charge in [-0.25, -0.2) is 4.79 Å². The maximum atomic E-state index is 14.1. The van der Waals surface area contributed by atoms with E-state index in [1.165, 1.54) is 10.4 Å². The van der Waals surface area contributed by atoms with Gasteiger partial charge in [0, 0.05) is 24.3 Å². The number of hydrogen-bond donors (Lipinski definition) is 0. The fourth-order valence-electron chi connectivity index (χ4n) is 9.30. The molecule has 0 radical (unpaired) electrons. The molecule has 6 rings (SSSR count). The minimum atomic E-state index is -2.77. The SMILES string of the molecule is COc1ccc(COC(/C=C\C[C@H](C)O[Si](c2ccccc2)(c2ccccc2)C(C)(C)C)[C@H]2OC(C)(C)O[C@@H]2CCC(Sc2ccccc2)c2cc(C)cc(C)c2C(=O)OCC[Si](C)(C)C)cc1. The quantitative estimate of drug-likeness (QED) is 0.0294. The highest BCUT2D eigenvalue weighted by atomic mass is 32.2. The Labute approximate surface area is 414 Å². The summed E-state index contributed by atoms with van der Waals surface area (Å²) in [5.74, 6) is -0.305. The number of aryl methyl sites for hydroxylation is 2. The second kappa shape index (κ2) is 23.6. The summed E-state index contributed by atoms with van der Waals surface area (Å²) in [6.07, 6.45) is 5.16. The standard InChI is InChI=1S/C58H76O7SSi2/c1-42-39-43(2)54(56(59)61-37-38-67(10,11)12)50(40-42)53(66-47-24-16-13-17-25-47)36-35-52-55(64-58(7,8)63-52)51(62-41-45-31-33-46(60-9)34-32-45)30-22-23-44(3)65-68(57(4,5)6,48-26-18-14-19-27-48)49-28-20-15-21-29-49/h13-22,24-34,39-40,44,51-53,55H,23,35-38,41H2,1-12H3/b30-22-/t44-,51?,52+,53?,55+/m0/s1. The maximum Gasteiger partial charge on any atom is 0.338 e. The first-order chi connectivity index (χ1) is 32.3. The Bertz CT molecular complexity index is 2340. The molecule has 1 saturated heterocycles. The highest BCUT2D eigenvalue weighted by Crippen LogP contribution is 2.44. The average Bonchev–Trinajstić information content (AvgIpc) is 3.61. The van der Waals surface area contributed by atoms with Crippen LogP contribution in [0.4, 0.5) is 0 Å². The molecule has 68 heavy (non-hydrogen) atoms. The topological polar surface area (TPSA) is 72.5 Å². The molecule has 0 bridgehead atoms. The monoisotopic (exact) mass is 972 g/mol. The van der Waals surface area contributed by atoms with Crippen LogP contribution in [0.3, 0.4) is 0 Å². The number of rotatable bonds is 22. The van der Waals surface area contributed by atoms with Crippen molar-refractivity contribution < 1.29 is 32.9 Å². The minimum Gasteiger partial charge on any atom is -0.497 e. The highest BCUT2D eigenvalue weighted by molar-refractivity contribution is 7.99. The summed E-state index contributed by atoms with van der Waals surface area (Å²) in [6.45, 7) is 24.9. The van der Waals surface area contributed by atoms with Crippen molar-refractivity contribution in [1.29, 1.82) is 0 Å². The third-order valence-corrected chi connectivity index (χ3v) is 20.8. The molecule has 1 aliphatic heterocycles. The Hall–Kier alpha value is -4.27. The third-order valence-electron chi connectivity index (χ3n) is 12.6. The Kier molecular flexibility index (Phi) is 18.4. The summed E-state index contributed by atoms with van der Waals surface area (Å²) in [4.78, 5) is 15.2. The minimum absolute atomic E-state index is 0.0720. The van der Waals surface area contributed by atoms with Crippen LogP contribution >= 0.6 is 11.8 Å². The zero-order valence-corrected chi connectivity index (χ0v) is 45.5. The van der Waals surface area contributed by atoms with Crippen molar-refractivity contribution in [1.82, 2.24) is 0 Å². The molecule has 2 unspecified atom stereocenters. The number of thioether (sulfide) groups is 1. The Morgan fingerprint density at radius 1 is 0.838 bits per heavy atom. The Balaban J connectivity index is 1.30. The first-order valence-corrected chi connectivity index (χ1v) is 30.8. The first kappa shape index (κ1) is 53.1. The number of ether oxygens (including phenoxy) is 5. The van der Waals surface area contributed by atoms with Gasteiger partial charge in [-0.05, 0) is 116 Å². The molecule has 5 atom stereocenters. The summed E-state index contributed by atoms with van der Waals surface area (Å²) >= 11 is 1.78. The molecule has 7 nitrogen and oxygen atoms in total. The number of benzene rings is 5. The van der Waals surface area contributed by atoms with Crippen molar-refractivity contribution in [3.8, 4) is 5.75 Å². The summed E-state index contributed by atoms with van der Waals surface area (Å²) in [6, 6.07) is 45.2. The van der Waals surface area contributed by atoms with E-state index in [0.717, 1.165) is 45.4 Å². The highest BCUT2D eigenvalue weighted by Gasteiger charge is 2.51. The zero-order valence-electron chi connectivity index (χ0n) is 42.7.